The second kappa shape index (κ2) is 6.82. The van der Waals surface area contributed by atoms with Crippen molar-refractivity contribution in [3.05, 3.63) is 72.1 Å². The zero-order valence-corrected chi connectivity index (χ0v) is 13.5. The molecule has 0 spiro atoms. The lowest BCUT2D eigenvalue weighted by Crippen LogP contribution is -2.42. The van der Waals surface area contributed by atoms with Gasteiger partial charge in [-0.1, -0.05) is 42.5 Å². The van der Waals surface area contributed by atoms with Crippen LogP contribution in [0, 0.1) is 0 Å². The molecule has 1 atom stereocenters. The first-order valence-electron chi connectivity index (χ1n) is 8.11. The smallest absolute Gasteiger partial charge is 0.256 e. The lowest BCUT2D eigenvalue weighted by Gasteiger charge is -2.33. The highest BCUT2D eigenvalue weighted by Crippen LogP contribution is 2.24. The first-order valence-corrected chi connectivity index (χ1v) is 8.11. The van der Waals surface area contributed by atoms with Gasteiger partial charge in [0.05, 0.1) is 24.4 Å². The largest absolute Gasteiger partial charge is 0.370 e. The molecule has 2 aromatic carbocycles. The summed E-state index contributed by atoms with van der Waals surface area (Å²) in [5.74, 6) is -0.0460. The number of hydrogen-bond donors (Lipinski definition) is 0. The zero-order chi connectivity index (χ0) is 17.1. The van der Waals surface area contributed by atoms with Gasteiger partial charge in [0.25, 0.3) is 5.91 Å². The maximum atomic E-state index is 13.1. The van der Waals surface area contributed by atoms with E-state index in [1.165, 1.54) is 11.0 Å². The first kappa shape index (κ1) is 15.5. The Labute approximate surface area is 144 Å². The summed E-state index contributed by atoms with van der Waals surface area (Å²) in [4.78, 5) is 14.9. The zero-order valence-electron chi connectivity index (χ0n) is 13.5. The maximum absolute atomic E-state index is 13.1. The predicted molar refractivity (Wildman–Crippen MR) is 90.2 cm³/mol. The summed E-state index contributed by atoms with van der Waals surface area (Å²) in [6, 6.07) is 17.3. The molecule has 7 nitrogen and oxygen atoms in total. The summed E-state index contributed by atoms with van der Waals surface area (Å²) >= 11 is 0. The van der Waals surface area contributed by atoms with Crippen LogP contribution in [0.2, 0.25) is 0 Å². The molecule has 1 saturated heterocycles. The predicted octanol–water partition coefficient (Wildman–Crippen LogP) is 1.88. The van der Waals surface area contributed by atoms with Gasteiger partial charge in [-0.05, 0) is 28.1 Å². The van der Waals surface area contributed by atoms with Gasteiger partial charge in [-0.3, -0.25) is 4.79 Å². The second-order valence-electron chi connectivity index (χ2n) is 5.79. The molecule has 0 N–H and O–H groups in total. The van der Waals surface area contributed by atoms with Gasteiger partial charge in [0.1, 0.15) is 12.4 Å². The lowest BCUT2D eigenvalue weighted by molar-refractivity contribution is -0.0228. The van der Waals surface area contributed by atoms with E-state index in [1.807, 2.05) is 53.4 Å². The Balaban J connectivity index is 1.59. The Morgan fingerprint density at radius 1 is 1.08 bits per heavy atom. The molecule has 0 bridgehead atoms. The van der Waals surface area contributed by atoms with Crippen LogP contribution in [0.15, 0.2) is 60.9 Å². The molecule has 1 aliphatic rings. The van der Waals surface area contributed by atoms with Crippen LogP contribution in [0.1, 0.15) is 22.0 Å². The number of ether oxygens (including phenoxy) is 1. The number of tetrazole rings is 1. The summed E-state index contributed by atoms with van der Waals surface area (Å²) in [6.45, 7) is 1.59. The van der Waals surface area contributed by atoms with Crippen LogP contribution < -0.4 is 0 Å². The standard InChI is InChI=1S/C18H17N5O2/c24-18(15-8-4-5-9-16(15)23-13-19-20-21-23)22-10-11-25-17(12-22)14-6-2-1-3-7-14/h1-9,13,17H,10-12H2. The summed E-state index contributed by atoms with van der Waals surface area (Å²) in [5, 5.41) is 11.2. The normalized spacial score (nSPS) is 17.4. The molecular weight excluding hydrogens is 318 g/mol. The molecule has 7 heteroatoms. The van der Waals surface area contributed by atoms with E-state index in [9.17, 15) is 4.79 Å². The maximum Gasteiger partial charge on any atom is 0.256 e. The monoisotopic (exact) mass is 335 g/mol. The summed E-state index contributed by atoms with van der Waals surface area (Å²) in [7, 11) is 0. The second-order valence-corrected chi connectivity index (χ2v) is 5.79. The minimum absolute atomic E-state index is 0.0460. The number of carbonyl (C=O) groups excluding carboxylic acids is 1. The van der Waals surface area contributed by atoms with E-state index in [0.717, 1.165) is 5.56 Å². The van der Waals surface area contributed by atoms with Gasteiger partial charge in [0.15, 0.2) is 0 Å². The number of carbonyl (C=O) groups is 1. The van der Waals surface area contributed by atoms with Gasteiger partial charge in [0, 0.05) is 6.54 Å². The van der Waals surface area contributed by atoms with E-state index in [4.69, 9.17) is 4.74 Å². The Kier molecular flexibility index (Phi) is 4.22. The van der Waals surface area contributed by atoms with Crippen LogP contribution in [-0.4, -0.2) is 50.7 Å². The van der Waals surface area contributed by atoms with E-state index in [1.54, 1.807) is 6.07 Å². The number of aromatic nitrogens is 4. The summed E-state index contributed by atoms with van der Waals surface area (Å²) < 4.78 is 7.35. The molecule has 1 fully saturated rings. The van der Waals surface area contributed by atoms with Crippen molar-refractivity contribution in [3.63, 3.8) is 0 Å². The molecule has 1 unspecified atom stereocenters. The Morgan fingerprint density at radius 3 is 2.68 bits per heavy atom. The minimum atomic E-state index is -0.112. The SMILES string of the molecule is O=C(c1ccccc1-n1cnnn1)N1CCOC(c2ccccc2)C1. The fourth-order valence-electron chi connectivity index (χ4n) is 3.00. The highest BCUT2D eigenvalue weighted by Gasteiger charge is 2.27. The van der Waals surface area contributed by atoms with E-state index in [2.05, 4.69) is 15.5 Å². The van der Waals surface area contributed by atoms with E-state index >= 15 is 0 Å². The van der Waals surface area contributed by atoms with Crippen molar-refractivity contribution in [1.29, 1.82) is 0 Å². The topological polar surface area (TPSA) is 73.1 Å². The number of rotatable bonds is 3. The number of benzene rings is 2. The average molecular weight is 335 g/mol. The minimum Gasteiger partial charge on any atom is -0.370 e. The first-order chi connectivity index (χ1) is 12.3. The number of amides is 1. The van der Waals surface area contributed by atoms with Crippen LogP contribution in [-0.2, 0) is 4.74 Å². The third kappa shape index (κ3) is 3.14. The molecule has 126 valence electrons. The van der Waals surface area contributed by atoms with Gasteiger partial charge in [-0.25, -0.2) is 0 Å². The number of para-hydroxylation sites is 1. The van der Waals surface area contributed by atoms with Crippen LogP contribution in [0.3, 0.4) is 0 Å². The fourth-order valence-corrected chi connectivity index (χ4v) is 3.00. The molecule has 0 aliphatic carbocycles. The highest BCUT2D eigenvalue weighted by molar-refractivity contribution is 5.97. The molecule has 0 radical (unpaired) electrons. The average Bonchev–Trinajstić information content (AvgIpc) is 3.23. The number of morpholine rings is 1. The van der Waals surface area contributed by atoms with Crippen molar-refractivity contribution in [1.82, 2.24) is 25.1 Å². The number of nitrogens with zero attached hydrogens (tertiary/aromatic N) is 5. The van der Waals surface area contributed by atoms with Crippen molar-refractivity contribution in [2.75, 3.05) is 19.7 Å². The third-order valence-electron chi connectivity index (χ3n) is 4.26. The van der Waals surface area contributed by atoms with Gasteiger partial charge in [0.2, 0.25) is 0 Å². The Hall–Kier alpha value is -3.06. The molecule has 0 saturated carbocycles. The van der Waals surface area contributed by atoms with Crippen LogP contribution in [0.25, 0.3) is 5.69 Å². The van der Waals surface area contributed by atoms with E-state index in [0.29, 0.717) is 30.9 Å². The molecule has 3 aromatic rings. The molecule has 2 heterocycles. The van der Waals surface area contributed by atoms with Gasteiger partial charge >= 0.3 is 0 Å². The van der Waals surface area contributed by atoms with Gasteiger partial charge in [-0.2, -0.15) is 4.68 Å². The highest BCUT2D eigenvalue weighted by atomic mass is 16.5. The van der Waals surface area contributed by atoms with Gasteiger partial charge < -0.3 is 9.64 Å². The molecule has 4 rings (SSSR count). The van der Waals surface area contributed by atoms with Crippen molar-refractivity contribution >= 4 is 5.91 Å². The fraction of sp³-hybridized carbons (Fsp3) is 0.222. The molecular formula is C18H17N5O2. The molecule has 1 aliphatic heterocycles. The summed E-state index contributed by atoms with van der Waals surface area (Å²) in [6.07, 6.45) is 1.37. The Bertz CT molecular complexity index is 851. The van der Waals surface area contributed by atoms with Crippen molar-refractivity contribution in [3.8, 4) is 5.69 Å². The molecule has 1 amide bonds. The van der Waals surface area contributed by atoms with E-state index in [-0.39, 0.29) is 12.0 Å². The summed E-state index contributed by atoms with van der Waals surface area (Å²) in [5.41, 5.74) is 2.32. The van der Waals surface area contributed by atoms with Crippen molar-refractivity contribution in [2.24, 2.45) is 0 Å². The van der Waals surface area contributed by atoms with E-state index < -0.39 is 0 Å². The van der Waals surface area contributed by atoms with Gasteiger partial charge in [-0.15, -0.1) is 5.10 Å². The molecule has 1 aromatic heterocycles. The van der Waals surface area contributed by atoms with Crippen molar-refractivity contribution in [2.45, 2.75) is 6.10 Å². The molecule has 25 heavy (non-hydrogen) atoms. The Morgan fingerprint density at radius 2 is 1.88 bits per heavy atom. The van der Waals surface area contributed by atoms with Crippen LogP contribution in [0.4, 0.5) is 0 Å². The van der Waals surface area contributed by atoms with Crippen molar-refractivity contribution < 1.29 is 9.53 Å². The lowest BCUT2D eigenvalue weighted by atomic mass is 10.1. The number of hydrogen-bond acceptors (Lipinski definition) is 5. The quantitative estimate of drug-likeness (QED) is 0.731. The van der Waals surface area contributed by atoms with Crippen LogP contribution in [0.5, 0.6) is 0 Å². The third-order valence-corrected chi connectivity index (χ3v) is 4.26. The van der Waals surface area contributed by atoms with Crippen LogP contribution >= 0.6 is 0 Å².